The Morgan fingerprint density at radius 1 is 1.03 bits per heavy atom. The van der Waals surface area contributed by atoms with Crippen LogP contribution in [-0.2, 0) is 4.84 Å². The molecule has 4 rings (SSSR count). The van der Waals surface area contributed by atoms with Crippen LogP contribution in [0.25, 0.3) is 0 Å². The SMILES string of the molecule is CC(C)CCC[C@@H](C)[C@H]1CC[C@H]2[C@@H]3C/C(=N\OCCN)[C@H]4C[C@@H](Cl)CC[C@]4(C)[C@H]3CC[C@]12C. The maximum absolute atomic E-state index is 6.71. The van der Waals surface area contributed by atoms with Crippen molar-refractivity contribution in [2.45, 2.75) is 111 Å². The first-order chi connectivity index (χ1) is 15.7. The lowest BCUT2D eigenvalue weighted by Gasteiger charge is -2.61. The number of halogens is 1. The predicted octanol–water partition coefficient (Wildman–Crippen LogP) is 7.66. The fraction of sp³-hybridized carbons (Fsp3) is 0.966. The zero-order chi connectivity index (χ0) is 23.8. The first-order valence-corrected chi connectivity index (χ1v) is 14.7. The summed E-state index contributed by atoms with van der Waals surface area (Å²) in [6, 6.07) is 0. The molecule has 33 heavy (non-hydrogen) atoms. The summed E-state index contributed by atoms with van der Waals surface area (Å²) in [5.41, 5.74) is 7.86. The molecule has 0 bridgehead atoms. The Balaban J connectivity index is 1.55. The van der Waals surface area contributed by atoms with Crippen LogP contribution in [0.5, 0.6) is 0 Å². The third-order valence-corrected chi connectivity index (χ3v) is 11.4. The van der Waals surface area contributed by atoms with Crippen molar-refractivity contribution in [1.82, 2.24) is 0 Å². The van der Waals surface area contributed by atoms with E-state index in [1.165, 1.54) is 57.1 Å². The number of nitrogens with zero attached hydrogens (tertiary/aromatic N) is 1. The number of hydrogen-bond donors (Lipinski definition) is 1. The normalized spacial score (nSPS) is 44.9. The summed E-state index contributed by atoms with van der Waals surface area (Å²) >= 11 is 6.71. The molecule has 4 aliphatic carbocycles. The second kappa shape index (κ2) is 10.4. The number of nitrogens with two attached hydrogens (primary N) is 1. The summed E-state index contributed by atoms with van der Waals surface area (Å²) in [6.45, 7) is 13.6. The zero-order valence-electron chi connectivity index (χ0n) is 22.1. The molecule has 0 radical (unpaired) electrons. The highest BCUT2D eigenvalue weighted by molar-refractivity contribution is 6.20. The van der Waals surface area contributed by atoms with Crippen LogP contribution in [0.3, 0.4) is 0 Å². The van der Waals surface area contributed by atoms with Gasteiger partial charge in [-0.15, -0.1) is 11.6 Å². The van der Waals surface area contributed by atoms with Gasteiger partial charge in [0.15, 0.2) is 0 Å². The molecule has 4 heteroatoms. The highest BCUT2D eigenvalue weighted by Gasteiger charge is 2.62. The van der Waals surface area contributed by atoms with E-state index < -0.39 is 0 Å². The molecule has 0 unspecified atom stereocenters. The van der Waals surface area contributed by atoms with Crippen LogP contribution in [-0.4, -0.2) is 24.2 Å². The summed E-state index contributed by atoms with van der Waals surface area (Å²) in [5.74, 6) is 5.52. The Morgan fingerprint density at radius 3 is 2.48 bits per heavy atom. The van der Waals surface area contributed by atoms with Crippen molar-refractivity contribution in [1.29, 1.82) is 0 Å². The number of fused-ring (bicyclic) bond motifs is 5. The Labute approximate surface area is 209 Å². The van der Waals surface area contributed by atoms with Gasteiger partial charge in [0.05, 0.1) is 5.71 Å². The summed E-state index contributed by atoms with van der Waals surface area (Å²) in [6.07, 6.45) is 14.5. The largest absolute Gasteiger partial charge is 0.394 e. The maximum Gasteiger partial charge on any atom is 0.129 e. The fourth-order valence-electron chi connectivity index (χ4n) is 9.33. The highest BCUT2D eigenvalue weighted by atomic mass is 35.5. The van der Waals surface area contributed by atoms with E-state index >= 15 is 0 Å². The lowest BCUT2D eigenvalue weighted by molar-refractivity contribution is -0.0806. The molecule has 0 saturated heterocycles. The van der Waals surface area contributed by atoms with Crippen molar-refractivity contribution in [3.63, 3.8) is 0 Å². The number of hydrogen-bond acceptors (Lipinski definition) is 3. The molecule has 0 aromatic heterocycles. The fourth-order valence-corrected chi connectivity index (χ4v) is 9.61. The summed E-state index contributed by atoms with van der Waals surface area (Å²) in [4.78, 5) is 5.71. The quantitative estimate of drug-likeness (QED) is 0.221. The molecule has 0 amide bonds. The van der Waals surface area contributed by atoms with Crippen LogP contribution < -0.4 is 5.73 Å². The average Bonchev–Trinajstić information content (AvgIpc) is 3.12. The third-order valence-electron chi connectivity index (χ3n) is 11.0. The van der Waals surface area contributed by atoms with E-state index in [-0.39, 0.29) is 5.38 Å². The second-order valence-electron chi connectivity index (χ2n) is 13.2. The van der Waals surface area contributed by atoms with E-state index in [9.17, 15) is 0 Å². The van der Waals surface area contributed by atoms with Crippen LogP contribution in [0.4, 0.5) is 0 Å². The number of oxime groups is 1. The molecule has 190 valence electrons. The molecule has 0 spiro atoms. The molecule has 4 aliphatic rings. The van der Waals surface area contributed by atoms with Crippen molar-refractivity contribution in [3.05, 3.63) is 0 Å². The van der Waals surface area contributed by atoms with Crippen molar-refractivity contribution in [3.8, 4) is 0 Å². The Morgan fingerprint density at radius 2 is 1.76 bits per heavy atom. The van der Waals surface area contributed by atoms with Crippen molar-refractivity contribution in [2.24, 2.45) is 63.1 Å². The van der Waals surface area contributed by atoms with E-state index in [0.717, 1.165) is 54.8 Å². The van der Waals surface area contributed by atoms with Gasteiger partial charge in [-0.2, -0.15) is 0 Å². The Kier molecular flexibility index (Phi) is 8.11. The third kappa shape index (κ3) is 4.89. The van der Waals surface area contributed by atoms with E-state index in [2.05, 4.69) is 34.6 Å². The number of alkyl halides is 1. The van der Waals surface area contributed by atoms with E-state index in [0.29, 0.717) is 29.9 Å². The van der Waals surface area contributed by atoms with E-state index in [1.54, 1.807) is 0 Å². The molecule has 2 N–H and O–H groups in total. The van der Waals surface area contributed by atoms with Gasteiger partial charge < -0.3 is 10.6 Å². The van der Waals surface area contributed by atoms with Gasteiger partial charge in [-0.3, -0.25) is 0 Å². The molecule has 0 heterocycles. The summed E-state index contributed by atoms with van der Waals surface area (Å²) < 4.78 is 0. The molecule has 3 nitrogen and oxygen atoms in total. The van der Waals surface area contributed by atoms with Crippen molar-refractivity contribution in [2.75, 3.05) is 13.2 Å². The molecule has 4 saturated carbocycles. The molecular weight excluding hydrogens is 428 g/mol. The van der Waals surface area contributed by atoms with Crippen LogP contribution in [0.15, 0.2) is 5.16 Å². The minimum absolute atomic E-state index is 0.288. The first-order valence-electron chi connectivity index (χ1n) is 14.2. The highest BCUT2D eigenvalue weighted by Crippen LogP contribution is 2.68. The van der Waals surface area contributed by atoms with Crippen molar-refractivity contribution >= 4 is 17.3 Å². The van der Waals surface area contributed by atoms with Crippen LogP contribution in [0, 0.1) is 52.3 Å². The standard InChI is InChI=1S/C29H51ClN2O/c1-19(2)7-6-8-20(3)23-9-10-24-22-18-27(32-33-16-15-31)26-17-21(30)11-13-29(26,5)25(22)12-14-28(23,24)4/h19-26H,6-18,31H2,1-5H3/b32-27+/t20-,21+,22+,23-,24+,25+,26-,28-,29-/m1/s1. The topological polar surface area (TPSA) is 47.6 Å². The maximum atomic E-state index is 6.71. The van der Waals surface area contributed by atoms with Crippen molar-refractivity contribution < 1.29 is 4.84 Å². The Hall–Kier alpha value is -0.280. The molecular formula is C29H51ClN2O. The van der Waals surface area contributed by atoms with Gasteiger partial charge in [-0.05, 0) is 97.7 Å². The van der Waals surface area contributed by atoms with Gasteiger partial charge in [0.2, 0.25) is 0 Å². The predicted molar refractivity (Wildman–Crippen MR) is 141 cm³/mol. The average molecular weight is 479 g/mol. The van der Waals surface area contributed by atoms with Gasteiger partial charge in [0.25, 0.3) is 0 Å². The Bertz CT molecular complexity index is 695. The van der Waals surface area contributed by atoms with E-state index in [1.807, 2.05) is 0 Å². The molecule has 4 fully saturated rings. The number of rotatable bonds is 8. The van der Waals surface area contributed by atoms with Gasteiger partial charge in [-0.1, -0.05) is 59.0 Å². The zero-order valence-corrected chi connectivity index (χ0v) is 22.9. The summed E-state index contributed by atoms with van der Waals surface area (Å²) in [7, 11) is 0. The smallest absolute Gasteiger partial charge is 0.129 e. The van der Waals surface area contributed by atoms with Gasteiger partial charge in [0.1, 0.15) is 6.61 Å². The van der Waals surface area contributed by atoms with Crippen LogP contribution >= 0.6 is 11.6 Å². The second-order valence-corrected chi connectivity index (χ2v) is 13.9. The first kappa shape index (κ1) is 25.8. The van der Waals surface area contributed by atoms with E-state index in [4.69, 9.17) is 27.3 Å². The molecule has 0 aromatic rings. The minimum atomic E-state index is 0.288. The molecule has 0 aromatic carbocycles. The van der Waals surface area contributed by atoms with Gasteiger partial charge in [0, 0.05) is 17.8 Å². The molecule has 9 atom stereocenters. The van der Waals surface area contributed by atoms with Crippen LogP contribution in [0.2, 0.25) is 0 Å². The molecule has 0 aliphatic heterocycles. The van der Waals surface area contributed by atoms with Gasteiger partial charge >= 0.3 is 0 Å². The lowest BCUT2D eigenvalue weighted by Crippen LogP contribution is -2.57. The monoisotopic (exact) mass is 478 g/mol. The minimum Gasteiger partial charge on any atom is -0.394 e. The van der Waals surface area contributed by atoms with Crippen LogP contribution in [0.1, 0.15) is 105 Å². The lowest BCUT2D eigenvalue weighted by atomic mass is 9.44. The summed E-state index contributed by atoms with van der Waals surface area (Å²) in [5, 5.41) is 5.04. The van der Waals surface area contributed by atoms with Gasteiger partial charge in [-0.25, -0.2) is 0 Å².